The van der Waals surface area contributed by atoms with Gasteiger partial charge in [0.05, 0.1) is 87.0 Å². The van der Waals surface area contributed by atoms with Crippen molar-refractivity contribution in [3.05, 3.63) is 93.0 Å². The maximum atomic E-state index is 14.5. The van der Waals surface area contributed by atoms with E-state index in [0.717, 1.165) is 170 Å². The van der Waals surface area contributed by atoms with Gasteiger partial charge in [0, 0.05) is 116 Å². The first-order valence-corrected chi connectivity index (χ1v) is 40.3. The van der Waals surface area contributed by atoms with Crippen molar-refractivity contribution in [1.82, 2.24) is 99.3 Å². The number of anilines is 5. The van der Waals surface area contributed by atoms with Crippen molar-refractivity contribution in [2.45, 2.75) is 150 Å². The second kappa shape index (κ2) is 32.2. The van der Waals surface area contributed by atoms with Gasteiger partial charge in [-0.2, -0.15) is 26.3 Å². The van der Waals surface area contributed by atoms with E-state index in [1.54, 1.807) is 59.4 Å². The molecule has 0 radical (unpaired) electrons. The van der Waals surface area contributed by atoms with E-state index in [-0.39, 0.29) is 92.4 Å². The van der Waals surface area contributed by atoms with E-state index in [0.29, 0.717) is 54.3 Å². The van der Waals surface area contributed by atoms with Gasteiger partial charge in [0.15, 0.2) is 0 Å². The fourth-order valence-corrected chi connectivity index (χ4v) is 20.1. The Hall–Kier alpha value is -13.4. The van der Waals surface area contributed by atoms with Crippen molar-refractivity contribution < 1.29 is 41.5 Å². The highest BCUT2D eigenvalue weighted by Gasteiger charge is 2.72. The third-order valence-electron chi connectivity index (χ3n) is 26.4. The second-order valence-corrected chi connectivity index (χ2v) is 32.6. The molecule has 35 nitrogen and oxygen atoms in total. The number of aromatic amines is 5. The predicted octanol–water partition coefficient (Wildman–Crippen LogP) is 7.81. The molecule has 10 saturated heterocycles. The summed E-state index contributed by atoms with van der Waals surface area (Å²) >= 11 is 0. The number of fused-ring (bicyclic) bond motifs is 5. The molecule has 10 aliphatic rings. The second-order valence-electron chi connectivity index (χ2n) is 32.6. The van der Waals surface area contributed by atoms with Crippen LogP contribution in [-0.4, -0.2) is 267 Å². The Kier molecular flexibility index (Phi) is 21.5. The molecule has 10 aromatic heterocycles. The standard InChI is InChI=1S/2C17H20N6O.C16H16F2N6O.C16H18N6O.C15H14F2N6O/c2*1-12-9-23(14(24)3-6-18)17(12)5-2-8-22(10-17)16-13-4-7-19-15(13)20-11-21-16;17-16(18)9-24(12(25)2-5-19)15(16)4-1-7-23(8-15)14-11-3-6-20-13(11)21-10-22-14;17-6-2-13(23)22-9-5-16(22)4-1-8-21(10-16)15-12-3-7-18-14(12)19-11-20-15;16-15(17)8-23(11(24)1-4-18)14(15)3-6-22(7-14)13-10-2-5-19-12(10)20-9-21-13/h2*4,7,11-12H,2-3,5,8-10H2,1H3,(H,19,20,21);3,6,10H,1-2,4,7-9H2,(H,20,21,22);3,7,11H,1-2,4-5,8-10H2,(H,18,19,20);2,5,9H,1,3,6-8H2,(H,19,20,21)/t12-,17+;12-,17-;15-;16-;14-/m10010/s1. The lowest BCUT2D eigenvalue weighted by Gasteiger charge is -2.61. The summed E-state index contributed by atoms with van der Waals surface area (Å²) in [5, 5.41) is 48.5. The lowest BCUT2D eigenvalue weighted by atomic mass is 9.69. The highest BCUT2D eigenvalue weighted by atomic mass is 19.3. The Morgan fingerprint density at radius 2 is 0.642 bits per heavy atom. The topological polar surface area (TPSA) is 445 Å². The molecule has 0 aliphatic carbocycles. The Labute approximate surface area is 685 Å². The van der Waals surface area contributed by atoms with Gasteiger partial charge in [-0.05, 0) is 106 Å². The number of nitrogens with one attached hydrogen (secondary N) is 5. The van der Waals surface area contributed by atoms with Crippen LogP contribution in [0.5, 0.6) is 0 Å². The van der Waals surface area contributed by atoms with Gasteiger partial charge in [0.1, 0.15) is 132 Å². The van der Waals surface area contributed by atoms with Crippen LogP contribution in [0.4, 0.5) is 46.7 Å². The van der Waals surface area contributed by atoms with Crippen molar-refractivity contribution in [3.8, 4) is 30.3 Å². The van der Waals surface area contributed by atoms with Crippen LogP contribution in [0.25, 0.3) is 55.2 Å². The Bertz CT molecular complexity index is 5660. The zero-order valence-electron chi connectivity index (χ0n) is 66.3. The summed E-state index contributed by atoms with van der Waals surface area (Å²) in [5.74, 6) is -2.35. The van der Waals surface area contributed by atoms with E-state index in [1.165, 1.54) is 17.6 Å². The van der Waals surface area contributed by atoms with Gasteiger partial charge in [-0.15, -0.1) is 0 Å². The molecule has 10 aliphatic heterocycles. The Balaban J connectivity index is 0.000000112. The van der Waals surface area contributed by atoms with Crippen LogP contribution in [0.3, 0.4) is 0 Å². The molecule has 10 aromatic rings. The minimum Gasteiger partial charge on any atom is -0.354 e. The van der Waals surface area contributed by atoms with E-state index < -0.39 is 47.8 Å². The summed E-state index contributed by atoms with van der Waals surface area (Å²) in [6, 6.07) is 19.0. The van der Waals surface area contributed by atoms with Crippen LogP contribution in [0.15, 0.2) is 93.0 Å². The molecule has 0 saturated carbocycles. The minimum atomic E-state index is -2.97. The van der Waals surface area contributed by atoms with Crippen molar-refractivity contribution in [1.29, 1.82) is 26.3 Å². The van der Waals surface area contributed by atoms with Gasteiger partial charge in [0.25, 0.3) is 11.8 Å². The van der Waals surface area contributed by atoms with Gasteiger partial charge in [0.2, 0.25) is 29.5 Å². The van der Waals surface area contributed by atoms with Crippen LogP contribution < -0.4 is 24.5 Å². The number of alkyl halides is 4. The molecule has 7 atom stereocenters. The van der Waals surface area contributed by atoms with Crippen LogP contribution in [0, 0.1) is 68.5 Å². The summed E-state index contributed by atoms with van der Waals surface area (Å²) in [6.07, 6.45) is 23.6. The van der Waals surface area contributed by atoms with Gasteiger partial charge >= 0.3 is 0 Å². The van der Waals surface area contributed by atoms with Crippen molar-refractivity contribution in [2.75, 3.05) is 123 Å². The number of aromatic nitrogens is 15. The maximum absolute atomic E-state index is 14.5. The number of rotatable bonds is 10. The van der Waals surface area contributed by atoms with Crippen LogP contribution in [0.1, 0.15) is 110 Å². The summed E-state index contributed by atoms with van der Waals surface area (Å²) in [7, 11) is 0. The molecule has 0 bridgehead atoms. The zero-order valence-corrected chi connectivity index (χ0v) is 66.3. The summed E-state index contributed by atoms with van der Waals surface area (Å²) in [6.45, 7) is 11.4. The fraction of sp³-hybridized carbons (Fsp3) is 0.506. The number of amides is 5. The third kappa shape index (κ3) is 13.9. The number of halogens is 4. The number of hydrogen-bond acceptors (Lipinski definition) is 25. The number of nitriles is 5. The molecule has 20 rings (SSSR count). The molecular formula is C81H88F4N30O5. The van der Waals surface area contributed by atoms with E-state index in [2.05, 4.69) is 103 Å². The lowest BCUT2D eigenvalue weighted by molar-refractivity contribution is -0.243. The van der Waals surface area contributed by atoms with Crippen molar-refractivity contribution in [2.24, 2.45) is 11.8 Å². The molecule has 10 fully saturated rings. The molecule has 20 heterocycles. The smallest absolute Gasteiger partial charge is 0.289 e. The van der Waals surface area contributed by atoms with E-state index in [1.807, 2.05) is 75.8 Å². The number of carbonyl (C=O) groups excluding carboxylic acids is 5. The van der Waals surface area contributed by atoms with E-state index in [9.17, 15) is 41.5 Å². The molecule has 5 amide bonds. The van der Waals surface area contributed by atoms with Crippen molar-refractivity contribution in [3.63, 3.8) is 0 Å². The molecule has 620 valence electrons. The molecule has 5 spiro atoms. The van der Waals surface area contributed by atoms with Crippen LogP contribution >= 0.6 is 0 Å². The van der Waals surface area contributed by atoms with E-state index >= 15 is 0 Å². The normalized spacial score (nSPS) is 25.3. The average Bonchev–Trinajstić information content (AvgIpc) is 1.57. The number of nitrogens with zero attached hydrogens (tertiary/aromatic N) is 25. The lowest BCUT2D eigenvalue weighted by Crippen LogP contribution is -2.80. The van der Waals surface area contributed by atoms with Gasteiger partial charge < -0.3 is 73.9 Å². The van der Waals surface area contributed by atoms with Crippen LogP contribution in [-0.2, 0) is 24.0 Å². The maximum Gasteiger partial charge on any atom is 0.289 e. The zero-order chi connectivity index (χ0) is 83.9. The molecule has 0 unspecified atom stereocenters. The predicted molar refractivity (Wildman–Crippen MR) is 428 cm³/mol. The Morgan fingerprint density at radius 3 is 0.958 bits per heavy atom. The fourth-order valence-electron chi connectivity index (χ4n) is 20.1. The first-order valence-electron chi connectivity index (χ1n) is 40.3. The number of hydrogen-bond donors (Lipinski definition) is 5. The first kappa shape index (κ1) is 80.4. The summed E-state index contributed by atoms with van der Waals surface area (Å²) in [5.41, 5.74) is 0.208. The molecule has 5 N–H and O–H groups in total. The number of piperidine rings is 4. The van der Waals surface area contributed by atoms with Gasteiger partial charge in [-0.1, -0.05) is 13.8 Å². The largest absolute Gasteiger partial charge is 0.354 e. The molecular weight excluding hydrogens is 1550 g/mol. The van der Waals surface area contributed by atoms with Crippen molar-refractivity contribution >= 4 is 114 Å². The third-order valence-corrected chi connectivity index (χ3v) is 26.4. The number of carbonyl (C=O) groups is 5. The quantitative estimate of drug-likeness (QED) is 0.0815. The monoisotopic (exact) mass is 1640 g/mol. The highest BCUT2D eigenvalue weighted by Crippen LogP contribution is 2.54. The first-order chi connectivity index (χ1) is 58.0. The molecule has 39 heteroatoms. The van der Waals surface area contributed by atoms with Crippen LogP contribution in [0.2, 0.25) is 0 Å². The molecule has 120 heavy (non-hydrogen) atoms. The van der Waals surface area contributed by atoms with Gasteiger partial charge in [-0.25, -0.2) is 67.4 Å². The average molecular weight is 1640 g/mol. The van der Waals surface area contributed by atoms with Gasteiger partial charge in [-0.3, -0.25) is 24.0 Å². The molecule has 0 aromatic carbocycles. The Morgan fingerprint density at radius 1 is 0.350 bits per heavy atom. The highest BCUT2D eigenvalue weighted by molar-refractivity contribution is 5.92. The number of H-pyrrole nitrogens is 5. The summed E-state index contributed by atoms with van der Waals surface area (Å²) < 4.78 is 57.8. The van der Waals surface area contributed by atoms with E-state index in [4.69, 9.17) is 26.3 Å². The number of likely N-dealkylation sites (tertiary alicyclic amines) is 5. The summed E-state index contributed by atoms with van der Waals surface area (Å²) in [4.78, 5) is 138. The SMILES string of the molecule is C[C@@H]1CN(C(=O)CC#N)[C@]12CCCN(c1ncnc3[nH]ccc13)C2.C[C@H]1CN(C(=O)CC#N)[C@]12CCCN(c1ncnc3[nH]ccc13)C2.N#CCC(=O)N1CC(F)(F)[C@@]12CCCN(c1ncnc3[nH]ccc13)C2.N#CCC(=O)N1CC(F)(F)[C@@]12CCN(c1ncnc3[nH]ccc13)C2.N#CCC(=O)N1CC[C@@]12CCCN(c1ncnc3[nH]ccc13)C2. The minimum absolute atomic E-state index is 0.00549.